The molecule has 1 aromatic carbocycles. The average molecular weight is 182 g/mol. The monoisotopic (exact) mass is 181 g/mol. The molecule has 2 heteroatoms. The Balaban J connectivity index is 2.63. The highest BCUT2D eigenvalue weighted by atomic mass is 35.5. The molecule has 0 aliphatic carbocycles. The van der Waals surface area contributed by atoms with Crippen LogP contribution in [0, 0.1) is 0 Å². The lowest BCUT2D eigenvalue weighted by Crippen LogP contribution is -1.94. The van der Waals surface area contributed by atoms with E-state index < -0.39 is 0 Å². The van der Waals surface area contributed by atoms with Crippen LogP contribution in [0.15, 0.2) is 30.3 Å². The van der Waals surface area contributed by atoms with E-state index in [0.717, 1.165) is 17.0 Å². The summed E-state index contributed by atoms with van der Waals surface area (Å²) in [5.74, 6) is 0. The van der Waals surface area contributed by atoms with Crippen molar-refractivity contribution in [2.24, 2.45) is 5.73 Å². The summed E-state index contributed by atoms with van der Waals surface area (Å²) in [5, 5.41) is 0.768. The summed E-state index contributed by atoms with van der Waals surface area (Å²) in [5.41, 5.74) is 6.47. The Morgan fingerprint density at radius 2 is 2.25 bits per heavy atom. The van der Waals surface area contributed by atoms with E-state index in [1.807, 2.05) is 36.4 Å². The minimum Gasteiger partial charge on any atom is -0.330 e. The van der Waals surface area contributed by atoms with Gasteiger partial charge in [-0.25, -0.2) is 0 Å². The fraction of sp³-hybridized carbons (Fsp3) is 0.200. The molecule has 0 aliphatic heterocycles. The van der Waals surface area contributed by atoms with Crippen molar-refractivity contribution in [1.29, 1.82) is 0 Å². The third-order valence-electron chi connectivity index (χ3n) is 1.49. The van der Waals surface area contributed by atoms with Crippen molar-refractivity contribution < 1.29 is 0 Å². The van der Waals surface area contributed by atoms with Crippen molar-refractivity contribution in [3.8, 4) is 0 Å². The van der Waals surface area contributed by atoms with Gasteiger partial charge in [-0.1, -0.05) is 35.9 Å². The molecule has 1 aromatic rings. The van der Waals surface area contributed by atoms with E-state index in [0.29, 0.717) is 6.54 Å². The molecule has 0 spiro atoms. The average Bonchev–Trinajstić information content (AvgIpc) is 2.05. The van der Waals surface area contributed by atoms with Gasteiger partial charge in [-0.05, 0) is 30.7 Å². The molecule has 0 aromatic heterocycles. The maximum atomic E-state index is 5.80. The Hall–Kier alpha value is -0.790. The smallest absolute Gasteiger partial charge is 0.0411 e. The van der Waals surface area contributed by atoms with Gasteiger partial charge in [-0.15, -0.1) is 0 Å². The molecule has 0 saturated heterocycles. The molecule has 0 radical (unpaired) electrons. The molecule has 64 valence electrons. The summed E-state index contributed by atoms with van der Waals surface area (Å²) in [4.78, 5) is 0. The Kier molecular flexibility index (Phi) is 3.85. The Labute approximate surface area is 77.8 Å². The van der Waals surface area contributed by atoms with Crippen molar-refractivity contribution in [1.82, 2.24) is 0 Å². The van der Waals surface area contributed by atoms with Gasteiger partial charge in [0, 0.05) is 5.02 Å². The number of hydrogen-bond donors (Lipinski definition) is 1. The molecular weight excluding hydrogens is 170 g/mol. The van der Waals surface area contributed by atoms with Gasteiger partial charge in [-0.2, -0.15) is 0 Å². The second kappa shape index (κ2) is 4.96. The lowest BCUT2D eigenvalue weighted by atomic mass is 10.2. The van der Waals surface area contributed by atoms with E-state index >= 15 is 0 Å². The number of nitrogens with two attached hydrogens (primary N) is 1. The second-order valence-corrected chi connectivity index (χ2v) is 2.97. The van der Waals surface area contributed by atoms with Crippen LogP contribution in [-0.4, -0.2) is 6.54 Å². The maximum Gasteiger partial charge on any atom is 0.0411 e. The lowest BCUT2D eigenvalue weighted by Gasteiger charge is -1.93. The highest BCUT2D eigenvalue weighted by Gasteiger charge is 1.87. The molecule has 0 amide bonds. The standard InChI is InChI=1S/C10H12ClN/c11-10-6-3-5-9(8-10)4-1-2-7-12/h1,3-6,8H,2,7,12H2. The normalized spacial score (nSPS) is 10.8. The first-order valence-corrected chi connectivity index (χ1v) is 4.33. The second-order valence-electron chi connectivity index (χ2n) is 2.53. The van der Waals surface area contributed by atoms with Gasteiger partial charge in [-0.3, -0.25) is 0 Å². The Morgan fingerprint density at radius 3 is 2.92 bits per heavy atom. The van der Waals surface area contributed by atoms with Crippen molar-refractivity contribution >= 4 is 17.7 Å². The number of benzene rings is 1. The summed E-state index contributed by atoms with van der Waals surface area (Å²) in [6, 6.07) is 7.74. The molecule has 0 heterocycles. The summed E-state index contributed by atoms with van der Waals surface area (Å²) in [6.07, 6.45) is 4.98. The van der Waals surface area contributed by atoms with Crippen LogP contribution in [0.3, 0.4) is 0 Å². The summed E-state index contributed by atoms with van der Waals surface area (Å²) in [7, 11) is 0. The SMILES string of the molecule is NCCC=Cc1cccc(Cl)c1. The zero-order valence-corrected chi connectivity index (χ0v) is 7.59. The molecule has 0 aliphatic rings. The molecule has 1 nitrogen and oxygen atoms in total. The number of hydrogen-bond acceptors (Lipinski definition) is 1. The van der Waals surface area contributed by atoms with Gasteiger partial charge in [0.2, 0.25) is 0 Å². The van der Waals surface area contributed by atoms with Crippen LogP contribution < -0.4 is 5.73 Å². The van der Waals surface area contributed by atoms with E-state index in [-0.39, 0.29) is 0 Å². The van der Waals surface area contributed by atoms with E-state index in [4.69, 9.17) is 17.3 Å². The third-order valence-corrected chi connectivity index (χ3v) is 1.73. The molecular formula is C10H12ClN. The molecule has 0 saturated carbocycles. The van der Waals surface area contributed by atoms with Gasteiger partial charge in [0.1, 0.15) is 0 Å². The first-order chi connectivity index (χ1) is 5.83. The van der Waals surface area contributed by atoms with Gasteiger partial charge < -0.3 is 5.73 Å². The van der Waals surface area contributed by atoms with Gasteiger partial charge in [0.25, 0.3) is 0 Å². The number of halogens is 1. The number of rotatable bonds is 3. The van der Waals surface area contributed by atoms with Crippen LogP contribution >= 0.6 is 11.6 Å². The van der Waals surface area contributed by atoms with Crippen molar-refractivity contribution in [2.45, 2.75) is 6.42 Å². The van der Waals surface area contributed by atoms with Crippen LogP contribution in [0.2, 0.25) is 5.02 Å². The van der Waals surface area contributed by atoms with Crippen molar-refractivity contribution in [2.75, 3.05) is 6.54 Å². The molecule has 12 heavy (non-hydrogen) atoms. The predicted octanol–water partition coefficient (Wildman–Crippen LogP) is 2.70. The highest BCUT2D eigenvalue weighted by Crippen LogP contribution is 2.11. The Bertz CT molecular complexity index is 268. The van der Waals surface area contributed by atoms with Crippen LogP contribution in [0.5, 0.6) is 0 Å². The summed E-state index contributed by atoms with van der Waals surface area (Å²) < 4.78 is 0. The van der Waals surface area contributed by atoms with Gasteiger partial charge in [0.05, 0.1) is 0 Å². The molecule has 0 unspecified atom stereocenters. The van der Waals surface area contributed by atoms with E-state index in [1.165, 1.54) is 0 Å². The third kappa shape index (κ3) is 3.07. The largest absolute Gasteiger partial charge is 0.330 e. The minimum absolute atomic E-state index is 0.692. The quantitative estimate of drug-likeness (QED) is 0.763. The fourth-order valence-electron chi connectivity index (χ4n) is 0.926. The topological polar surface area (TPSA) is 26.0 Å². The molecule has 0 bridgehead atoms. The molecule has 2 N–H and O–H groups in total. The first-order valence-electron chi connectivity index (χ1n) is 3.95. The van der Waals surface area contributed by atoms with Crippen molar-refractivity contribution in [3.63, 3.8) is 0 Å². The van der Waals surface area contributed by atoms with E-state index in [2.05, 4.69) is 0 Å². The highest BCUT2D eigenvalue weighted by molar-refractivity contribution is 6.30. The van der Waals surface area contributed by atoms with Gasteiger partial charge in [0.15, 0.2) is 0 Å². The zero-order valence-electron chi connectivity index (χ0n) is 6.83. The van der Waals surface area contributed by atoms with Crippen LogP contribution in [0.1, 0.15) is 12.0 Å². The molecule has 0 fully saturated rings. The van der Waals surface area contributed by atoms with E-state index in [9.17, 15) is 0 Å². The van der Waals surface area contributed by atoms with Crippen LogP contribution in [0.25, 0.3) is 6.08 Å². The zero-order chi connectivity index (χ0) is 8.81. The van der Waals surface area contributed by atoms with Crippen LogP contribution in [-0.2, 0) is 0 Å². The predicted molar refractivity (Wildman–Crippen MR) is 54.2 cm³/mol. The lowest BCUT2D eigenvalue weighted by molar-refractivity contribution is 1.01. The van der Waals surface area contributed by atoms with Gasteiger partial charge >= 0.3 is 0 Å². The summed E-state index contributed by atoms with van der Waals surface area (Å²) in [6.45, 7) is 0.692. The summed E-state index contributed by atoms with van der Waals surface area (Å²) >= 11 is 5.80. The van der Waals surface area contributed by atoms with E-state index in [1.54, 1.807) is 0 Å². The minimum atomic E-state index is 0.692. The Morgan fingerprint density at radius 1 is 1.42 bits per heavy atom. The fourth-order valence-corrected chi connectivity index (χ4v) is 1.12. The maximum absolute atomic E-state index is 5.80. The molecule has 1 rings (SSSR count). The van der Waals surface area contributed by atoms with Crippen LogP contribution in [0.4, 0.5) is 0 Å². The van der Waals surface area contributed by atoms with Crippen molar-refractivity contribution in [3.05, 3.63) is 40.9 Å². The first kappa shape index (κ1) is 9.30. The molecule has 0 atom stereocenters.